The zero-order chi connectivity index (χ0) is 20.4. The minimum Gasteiger partial charge on any atom is -0.480 e. The van der Waals surface area contributed by atoms with Crippen LogP contribution in [-0.4, -0.2) is 30.5 Å². The molecule has 8 nitrogen and oxygen atoms in total. The molecule has 0 aliphatic rings. The van der Waals surface area contributed by atoms with Gasteiger partial charge in [-0.1, -0.05) is 38.1 Å². The van der Waals surface area contributed by atoms with E-state index in [2.05, 4.69) is 0 Å². The maximum atomic E-state index is 13.2. The van der Waals surface area contributed by atoms with E-state index in [0.717, 1.165) is 17.7 Å². The van der Waals surface area contributed by atoms with Gasteiger partial charge >= 0.3 is 5.97 Å². The first-order valence-corrected chi connectivity index (χ1v) is 9.62. The Labute approximate surface area is 157 Å². The molecule has 27 heavy (non-hydrogen) atoms. The van der Waals surface area contributed by atoms with Crippen molar-refractivity contribution in [2.75, 3.05) is 4.31 Å². The number of sulfonamides is 1. The van der Waals surface area contributed by atoms with Gasteiger partial charge in [-0.3, -0.25) is 14.4 Å². The number of nitro benzene ring substituents is 1. The van der Waals surface area contributed by atoms with E-state index in [9.17, 15) is 28.4 Å². The molecule has 0 aliphatic carbocycles. The van der Waals surface area contributed by atoms with Crippen LogP contribution in [0.25, 0.3) is 0 Å². The number of hydrogen-bond acceptors (Lipinski definition) is 5. The lowest BCUT2D eigenvalue weighted by Gasteiger charge is -2.28. The Kier molecular flexibility index (Phi) is 5.85. The van der Waals surface area contributed by atoms with E-state index in [4.69, 9.17) is 0 Å². The van der Waals surface area contributed by atoms with Crippen LogP contribution in [0.4, 0.5) is 11.4 Å². The molecule has 1 N–H and O–H groups in total. The molecule has 0 aromatic heterocycles. The van der Waals surface area contributed by atoms with Crippen LogP contribution in [-0.2, 0) is 14.8 Å². The highest BCUT2D eigenvalue weighted by Crippen LogP contribution is 2.32. The highest BCUT2D eigenvalue weighted by atomic mass is 32.2. The van der Waals surface area contributed by atoms with Crippen molar-refractivity contribution in [2.45, 2.75) is 37.6 Å². The van der Waals surface area contributed by atoms with Crippen LogP contribution in [0.3, 0.4) is 0 Å². The summed E-state index contributed by atoms with van der Waals surface area (Å²) in [5, 5.41) is 20.7. The molecule has 2 aromatic rings. The number of carboxylic acid groups (broad SMARTS) is 1. The molecule has 2 aromatic carbocycles. The summed E-state index contributed by atoms with van der Waals surface area (Å²) in [6.45, 7) is 5.15. The summed E-state index contributed by atoms with van der Waals surface area (Å²) in [4.78, 5) is 21.4. The summed E-state index contributed by atoms with van der Waals surface area (Å²) >= 11 is 0. The number of anilines is 1. The summed E-state index contributed by atoms with van der Waals surface area (Å²) in [6, 6.07) is 9.82. The Morgan fingerprint density at radius 2 is 1.63 bits per heavy atom. The molecular weight excluding hydrogens is 372 g/mol. The third-order valence-corrected chi connectivity index (χ3v) is 6.07. The van der Waals surface area contributed by atoms with Gasteiger partial charge in [0, 0.05) is 6.07 Å². The molecule has 0 spiro atoms. The molecule has 0 fully saturated rings. The first-order chi connectivity index (χ1) is 12.6. The SMILES string of the molecule is CC(C)c1ccc(N(C(C)C(=O)O)S(=O)(=O)c2ccccc2[N+](=O)[O-])cc1. The summed E-state index contributed by atoms with van der Waals surface area (Å²) in [5.74, 6) is -1.17. The predicted octanol–water partition coefficient (Wildman–Crippen LogP) is 3.39. The third kappa shape index (κ3) is 4.08. The summed E-state index contributed by atoms with van der Waals surface area (Å²) in [6.07, 6.45) is 0. The van der Waals surface area contributed by atoms with Crippen LogP contribution in [0.1, 0.15) is 32.3 Å². The van der Waals surface area contributed by atoms with Crippen molar-refractivity contribution < 1.29 is 23.2 Å². The molecular formula is C18H20N2O6S. The normalized spacial score (nSPS) is 12.6. The molecule has 9 heteroatoms. The van der Waals surface area contributed by atoms with Crippen LogP contribution < -0.4 is 4.31 Å². The smallest absolute Gasteiger partial charge is 0.327 e. The number of hydrogen-bond donors (Lipinski definition) is 1. The summed E-state index contributed by atoms with van der Waals surface area (Å²) in [5.41, 5.74) is 0.455. The van der Waals surface area contributed by atoms with Crippen LogP contribution in [0, 0.1) is 10.1 Å². The fraction of sp³-hybridized carbons (Fsp3) is 0.278. The van der Waals surface area contributed by atoms with E-state index < -0.39 is 37.5 Å². The average Bonchev–Trinajstić information content (AvgIpc) is 2.61. The quantitative estimate of drug-likeness (QED) is 0.570. The lowest BCUT2D eigenvalue weighted by molar-refractivity contribution is -0.387. The Balaban J connectivity index is 2.67. The highest BCUT2D eigenvalue weighted by molar-refractivity contribution is 7.93. The topological polar surface area (TPSA) is 118 Å². The second kappa shape index (κ2) is 7.75. The number of para-hydroxylation sites is 1. The molecule has 1 atom stereocenters. The van der Waals surface area contributed by atoms with E-state index in [1.54, 1.807) is 12.1 Å². The molecule has 0 radical (unpaired) electrons. The van der Waals surface area contributed by atoms with Gasteiger partial charge in [-0.05, 0) is 36.6 Å². The fourth-order valence-corrected chi connectivity index (χ4v) is 4.38. The zero-order valence-corrected chi connectivity index (χ0v) is 15.9. The van der Waals surface area contributed by atoms with E-state index >= 15 is 0 Å². The van der Waals surface area contributed by atoms with Gasteiger partial charge in [0.1, 0.15) is 6.04 Å². The van der Waals surface area contributed by atoms with E-state index in [-0.39, 0.29) is 11.6 Å². The fourth-order valence-electron chi connectivity index (χ4n) is 2.61. The number of carbonyl (C=O) groups is 1. The largest absolute Gasteiger partial charge is 0.480 e. The first kappa shape index (κ1) is 20.4. The minimum atomic E-state index is -4.50. The molecule has 144 valence electrons. The maximum Gasteiger partial charge on any atom is 0.327 e. The van der Waals surface area contributed by atoms with Gasteiger partial charge in [-0.25, -0.2) is 13.2 Å². The van der Waals surface area contributed by atoms with Crippen LogP contribution in [0.5, 0.6) is 0 Å². The molecule has 0 saturated heterocycles. The van der Waals surface area contributed by atoms with Crippen molar-refractivity contribution in [3.05, 3.63) is 64.2 Å². The van der Waals surface area contributed by atoms with Gasteiger partial charge in [0.05, 0.1) is 10.6 Å². The van der Waals surface area contributed by atoms with Crippen molar-refractivity contribution in [1.29, 1.82) is 0 Å². The molecule has 0 heterocycles. The molecule has 0 amide bonds. The molecule has 0 bridgehead atoms. The van der Waals surface area contributed by atoms with Gasteiger partial charge in [0.25, 0.3) is 15.7 Å². The predicted molar refractivity (Wildman–Crippen MR) is 100 cm³/mol. The number of nitro groups is 1. The number of carboxylic acids is 1. The van der Waals surface area contributed by atoms with Crippen LogP contribution >= 0.6 is 0 Å². The van der Waals surface area contributed by atoms with Gasteiger partial charge in [-0.2, -0.15) is 0 Å². The summed E-state index contributed by atoms with van der Waals surface area (Å²) < 4.78 is 27.1. The third-order valence-electron chi connectivity index (χ3n) is 4.12. The number of benzene rings is 2. The van der Waals surface area contributed by atoms with Crippen molar-refractivity contribution in [3.8, 4) is 0 Å². The Hall–Kier alpha value is -2.94. The average molecular weight is 392 g/mol. The lowest BCUT2D eigenvalue weighted by Crippen LogP contribution is -2.43. The van der Waals surface area contributed by atoms with Crippen molar-refractivity contribution in [1.82, 2.24) is 0 Å². The number of aliphatic carboxylic acids is 1. The Morgan fingerprint density at radius 3 is 2.11 bits per heavy atom. The van der Waals surface area contributed by atoms with E-state index in [1.165, 1.54) is 31.2 Å². The Bertz CT molecular complexity index is 954. The molecule has 0 aliphatic heterocycles. The van der Waals surface area contributed by atoms with Gasteiger partial charge < -0.3 is 5.11 Å². The number of rotatable bonds is 7. The van der Waals surface area contributed by atoms with Crippen LogP contribution in [0.15, 0.2) is 53.4 Å². The molecule has 2 rings (SSSR count). The lowest BCUT2D eigenvalue weighted by atomic mass is 10.0. The minimum absolute atomic E-state index is 0.118. The Morgan fingerprint density at radius 1 is 1.07 bits per heavy atom. The standard InChI is InChI=1S/C18H20N2O6S/c1-12(2)14-8-10-15(11-9-14)19(13(3)18(21)22)27(25,26)17-7-5-4-6-16(17)20(23)24/h4-13H,1-3H3,(H,21,22). The van der Waals surface area contributed by atoms with Crippen LogP contribution in [0.2, 0.25) is 0 Å². The van der Waals surface area contributed by atoms with E-state index in [1.807, 2.05) is 13.8 Å². The summed E-state index contributed by atoms with van der Waals surface area (Å²) in [7, 11) is -4.50. The van der Waals surface area contributed by atoms with Crippen molar-refractivity contribution in [2.24, 2.45) is 0 Å². The highest BCUT2D eigenvalue weighted by Gasteiger charge is 2.37. The maximum absolute atomic E-state index is 13.2. The molecule has 1 unspecified atom stereocenters. The zero-order valence-electron chi connectivity index (χ0n) is 15.1. The second-order valence-corrected chi connectivity index (χ2v) is 8.07. The molecule has 0 saturated carbocycles. The van der Waals surface area contributed by atoms with Crippen molar-refractivity contribution >= 4 is 27.4 Å². The van der Waals surface area contributed by atoms with Crippen molar-refractivity contribution in [3.63, 3.8) is 0 Å². The monoisotopic (exact) mass is 392 g/mol. The van der Waals surface area contributed by atoms with Gasteiger partial charge in [0.15, 0.2) is 4.90 Å². The van der Waals surface area contributed by atoms with Gasteiger partial charge in [0.2, 0.25) is 0 Å². The second-order valence-electron chi connectivity index (χ2n) is 6.29. The van der Waals surface area contributed by atoms with E-state index in [0.29, 0.717) is 4.31 Å². The first-order valence-electron chi connectivity index (χ1n) is 8.18. The number of nitrogens with zero attached hydrogens (tertiary/aromatic N) is 2. The van der Waals surface area contributed by atoms with Gasteiger partial charge in [-0.15, -0.1) is 0 Å².